The number of nitrogens with zero attached hydrogens (tertiary/aromatic N) is 1. The van der Waals surface area contributed by atoms with Crippen LogP contribution in [0.5, 0.6) is 11.5 Å². The van der Waals surface area contributed by atoms with Gasteiger partial charge in [0.2, 0.25) is 5.91 Å². The number of aliphatic hydroxyl groups excluding tert-OH is 1. The molecule has 2 atom stereocenters. The molecule has 2 bridgehead atoms. The number of aryl methyl sites for hydroxylation is 1. The predicted molar refractivity (Wildman–Crippen MR) is 180 cm³/mol. The lowest BCUT2D eigenvalue weighted by Crippen LogP contribution is -2.33. The number of fused-ring (bicyclic) bond motifs is 5. The molecule has 11 heteroatoms. The number of halogens is 2. The SMILES string of the molecule is CC1(c2cccc(CCC(=O)O)c2)CCCCCC(O)CNC(=O)Cc2c(c(F)cc3[nH]ccc23)Oc2ccc(F)c(c2)C=N/C=C/1N. The number of ether oxygens (including phenoxy) is 1. The summed E-state index contributed by atoms with van der Waals surface area (Å²) in [6.45, 7) is 2.03. The van der Waals surface area contributed by atoms with Gasteiger partial charge in [-0.05, 0) is 61.6 Å². The summed E-state index contributed by atoms with van der Waals surface area (Å²) in [4.78, 5) is 31.5. The number of aromatic nitrogens is 1. The van der Waals surface area contributed by atoms with Crippen molar-refractivity contribution in [3.05, 3.63) is 107 Å². The van der Waals surface area contributed by atoms with E-state index in [0.29, 0.717) is 47.8 Å². The molecule has 1 aliphatic heterocycles. The van der Waals surface area contributed by atoms with Crippen LogP contribution >= 0.6 is 0 Å². The van der Waals surface area contributed by atoms with Crippen molar-refractivity contribution in [2.45, 2.75) is 69.8 Å². The lowest BCUT2D eigenvalue weighted by Gasteiger charge is -2.31. The van der Waals surface area contributed by atoms with Gasteiger partial charge in [0.1, 0.15) is 11.6 Å². The molecule has 1 amide bonds. The van der Waals surface area contributed by atoms with Gasteiger partial charge in [-0.25, -0.2) is 8.78 Å². The molecule has 0 fully saturated rings. The highest BCUT2D eigenvalue weighted by Gasteiger charge is 2.30. The molecule has 0 saturated carbocycles. The second-order valence-corrected chi connectivity index (χ2v) is 12.4. The second-order valence-electron chi connectivity index (χ2n) is 12.4. The van der Waals surface area contributed by atoms with E-state index in [-0.39, 0.29) is 36.4 Å². The average Bonchev–Trinajstić information content (AvgIpc) is 3.53. The summed E-state index contributed by atoms with van der Waals surface area (Å²) in [5, 5.41) is 23.1. The Labute approximate surface area is 277 Å². The Morgan fingerprint density at radius 3 is 2.75 bits per heavy atom. The van der Waals surface area contributed by atoms with Crippen molar-refractivity contribution in [3.63, 3.8) is 0 Å². The van der Waals surface area contributed by atoms with Gasteiger partial charge >= 0.3 is 5.97 Å². The molecular formula is C37H40F2N4O5. The van der Waals surface area contributed by atoms with Gasteiger partial charge in [0.15, 0.2) is 11.6 Å². The predicted octanol–water partition coefficient (Wildman–Crippen LogP) is 6.42. The Morgan fingerprint density at radius 2 is 1.94 bits per heavy atom. The summed E-state index contributed by atoms with van der Waals surface area (Å²) in [6, 6.07) is 14.6. The van der Waals surface area contributed by atoms with Gasteiger partial charge in [0, 0.05) is 70.8 Å². The summed E-state index contributed by atoms with van der Waals surface area (Å²) >= 11 is 0. The van der Waals surface area contributed by atoms with Crippen LogP contribution in [0.3, 0.4) is 0 Å². The van der Waals surface area contributed by atoms with Crippen molar-refractivity contribution in [1.29, 1.82) is 0 Å². The van der Waals surface area contributed by atoms with Crippen LogP contribution in [0, 0.1) is 11.6 Å². The fourth-order valence-electron chi connectivity index (χ4n) is 6.02. The quantitative estimate of drug-likeness (QED) is 0.171. The number of aliphatic carboxylic acids is 1. The number of hydrogen-bond acceptors (Lipinski definition) is 6. The van der Waals surface area contributed by atoms with Crippen LogP contribution in [0.2, 0.25) is 0 Å². The number of hydrogen-bond donors (Lipinski definition) is 5. The van der Waals surface area contributed by atoms with E-state index in [2.05, 4.69) is 15.3 Å². The first kappa shape index (κ1) is 34.3. The van der Waals surface area contributed by atoms with Gasteiger partial charge in [0.25, 0.3) is 0 Å². The molecule has 252 valence electrons. The summed E-state index contributed by atoms with van der Waals surface area (Å²) in [5.74, 6) is -2.60. The van der Waals surface area contributed by atoms with Crippen LogP contribution in [-0.4, -0.2) is 45.9 Å². The number of amides is 1. The third kappa shape index (κ3) is 8.27. The third-order valence-electron chi connectivity index (χ3n) is 8.90. The van der Waals surface area contributed by atoms with E-state index in [1.807, 2.05) is 31.2 Å². The zero-order valence-corrected chi connectivity index (χ0v) is 26.8. The number of nitrogens with two attached hydrogens (primary N) is 1. The highest BCUT2D eigenvalue weighted by Crippen LogP contribution is 2.37. The number of β-amino-alcohol motifs (C(OH)–C–C–N with tert-alkyl or cyclic N) is 1. The fourth-order valence-corrected chi connectivity index (χ4v) is 6.02. The van der Waals surface area contributed by atoms with Gasteiger partial charge in [-0.15, -0.1) is 0 Å². The number of carbonyl (C=O) groups excluding carboxylic acids is 1. The molecule has 0 radical (unpaired) electrons. The number of carboxylic acids is 1. The molecule has 0 spiro atoms. The molecular weight excluding hydrogens is 618 g/mol. The number of carboxylic acid groups (broad SMARTS) is 1. The lowest BCUT2D eigenvalue weighted by molar-refractivity contribution is -0.137. The highest BCUT2D eigenvalue weighted by atomic mass is 19.1. The lowest BCUT2D eigenvalue weighted by atomic mass is 9.75. The Balaban J connectivity index is 1.51. The molecule has 5 rings (SSSR count). The van der Waals surface area contributed by atoms with Crippen LogP contribution in [0.1, 0.15) is 67.7 Å². The summed E-state index contributed by atoms with van der Waals surface area (Å²) in [5.41, 5.74) is 9.09. The van der Waals surface area contributed by atoms with E-state index in [1.165, 1.54) is 36.7 Å². The van der Waals surface area contributed by atoms with E-state index < -0.39 is 35.0 Å². The Morgan fingerprint density at radius 1 is 1.10 bits per heavy atom. The van der Waals surface area contributed by atoms with Crippen molar-refractivity contribution in [2.24, 2.45) is 10.7 Å². The largest absolute Gasteiger partial charge is 0.481 e. The van der Waals surface area contributed by atoms with Gasteiger partial charge in [-0.2, -0.15) is 0 Å². The van der Waals surface area contributed by atoms with Crippen LogP contribution in [0.25, 0.3) is 10.9 Å². The van der Waals surface area contributed by atoms with Crippen LogP contribution in [-0.2, 0) is 27.8 Å². The average molecular weight is 659 g/mol. The zero-order chi connectivity index (χ0) is 34.3. The van der Waals surface area contributed by atoms with Gasteiger partial charge < -0.3 is 31.0 Å². The molecule has 4 aromatic rings. The number of nitrogens with one attached hydrogen (secondary N) is 2. The second kappa shape index (κ2) is 15.2. The first-order valence-corrected chi connectivity index (χ1v) is 16.0. The minimum absolute atomic E-state index is 0.00157. The van der Waals surface area contributed by atoms with Crippen molar-refractivity contribution in [2.75, 3.05) is 6.54 Å². The number of allylic oxidation sites excluding steroid dienone is 1. The molecule has 0 saturated heterocycles. The molecule has 2 unspecified atom stereocenters. The van der Waals surface area contributed by atoms with E-state index in [9.17, 15) is 19.1 Å². The van der Waals surface area contributed by atoms with Crippen molar-refractivity contribution >= 4 is 29.0 Å². The number of benzene rings is 3. The normalized spacial score (nSPS) is 20.9. The van der Waals surface area contributed by atoms with Gasteiger partial charge in [0.05, 0.1) is 12.5 Å². The van der Waals surface area contributed by atoms with Crippen LogP contribution in [0.4, 0.5) is 8.78 Å². The first-order chi connectivity index (χ1) is 23.0. The van der Waals surface area contributed by atoms with E-state index in [1.54, 1.807) is 12.3 Å². The molecule has 48 heavy (non-hydrogen) atoms. The standard InChI is InChI=1S/C37H40F2N4O5/c1-37(25-7-5-6-23(16-25)9-12-35(46)47)14-4-2-3-8-26(44)21-43-34(45)18-29-28-13-15-42-32(28)19-31(39)36(29)48-27-10-11-30(38)24(17-27)20-41-22-33(37)40/h5-7,10-11,13,15-17,19-20,22,26,42,44H,2-4,8-9,12,14,18,21,40H2,1H3,(H,43,45)(H,46,47)/b33-22-,41-20?. The monoisotopic (exact) mass is 658 g/mol. The summed E-state index contributed by atoms with van der Waals surface area (Å²) < 4.78 is 36.3. The number of aliphatic imine (C=N–C) groups is 1. The maximum Gasteiger partial charge on any atom is 0.303 e. The molecule has 1 aliphatic rings. The maximum absolute atomic E-state index is 15.4. The van der Waals surface area contributed by atoms with E-state index in [0.717, 1.165) is 24.0 Å². The third-order valence-corrected chi connectivity index (χ3v) is 8.90. The molecule has 0 aliphatic carbocycles. The fraction of sp³-hybridized carbons (Fsp3) is 0.324. The molecule has 9 nitrogen and oxygen atoms in total. The number of H-pyrrole nitrogens is 1. The maximum atomic E-state index is 15.4. The molecule has 2 heterocycles. The first-order valence-electron chi connectivity index (χ1n) is 16.0. The molecule has 6 N–H and O–H groups in total. The molecule has 3 aromatic carbocycles. The van der Waals surface area contributed by atoms with Crippen molar-refractivity contribution in [3.8, 4) is 11.5 Å². The molecule has 1 aromatic heterocycles. The van der Waals surface area contributed by atoms with Crippen molar-refractivity contribution < 1.29 is 33.3 Å². The Kier molecular flexibility index (Phi) is 10.9. The number of aliphatic hydroxyl groups is 1. The van der Waals surface area contributed by atoms with Gasteiger partial charge in [-0.3, -0.25) is 14.6 Å². The summed E-state index contributed by atoms with van der Waals surface area (Å²) in [6.07, 6.45) is 7.17. The minimum atomic E-state index is -0.880. The number of aromatic amines is 1. The smallest absolute Gasteiger partial charge is 0.303 e. The van der Waals surface area contributed by atoms with Crippen LogP contribution in [0.15, 0.2) is 77.7 Å². The van der Waals surface area contributed by atoms with E-state index in [4.69, 9.17) is 15.6 Å². The van der Waals surface area contributed by atoms with Crippen LogP contribution < -0.4 is 15.8 Å². The number of rotatable bonds is 4. The topological polar surface area (TPSA) is 150 Å². The minimum Gasteiger partial charge on any atom is -0.481 e. The highest BCUT2D eigenvalue weighted by molar-refractivity contribution is 5.91. The Bertz CT molecular complexity index is 1850. The summed E-state index contributed by atoms with van der Waals surface area (Å²) in [7, 11) is 0. The van der Waals surface area contributed by atoms with Crippen molar-refractivity contribution in [1.82, 2.24) is 10.3 Å². The number of carbonyl (C=O) groups is 2. The zero-order valence-electron chi connectivity index (χ0n) is 26.8. The van der Waals surface area contributed by atoms with E-state index >= 15 is 4.39 Å². The Hall–Kier alpha value is -5.03. The van der Waals surface area contributed by atoms with Gasteiger partial charge in [-0.1, -0.05) is 43.5 Å².